The van der Waals surface area contributed by atoms with Crippen molar-refractivity contribution in [3.05, 3.63) is 0 Å². The summed E-state index contributed by atoms with van der Waals surface area (Å²) in [5.41, 5.74) is 0. The molecule has 0 unspecified atom stereocenters. The van der Waals surface area contributed by atoms with Gasteiger partial charge in [0.05, 0.1) is 0 Å². The van der Waals surface area contributed by atoms with Crippen LogP contribution >= 0.6 is 0 Å². The molecule has 0 saturated heterocycles. The summed E-state index contributed by atoms with van der Waals surface area (Å²) in [4.78, 5) is 0. The number of hydrogen-bond donors (Lipinski definition) is 0. The zero-order valence-corrected chi connectivity index (χ0v) is 24.4. The van der Waals surface area contributed by atoms with Crippen LogP contribution in [0.25, 0.3) is 0 Å². The molecule has 30 heavy (non-hydrogen) atoms. The molecule has 0 N–H and O–H groups in total. The molecule has 0 aromatic rings. The van der Waals surface area contributed by atoms with E-state index in [0.29, 0.717) is 0 Å². The van der Waals surface area contributed by atoms with E-state index in [1.807, 2.05) is 0 Å². The fraction of sp³-hybridized carbons (Fsp3) is 1.00. The van der Waals surface area contributed by atoms with Crippen LogP contribution in [0.4, 0.5) is 0 Å². The second-order valence-corrected chi connectivity index (χ2v) is 19.3. The predicted molar refractivity (Wildman–Crippen MR) is 140 cm³/mol. The van der Waals surface area contributed by atoms with Gasteiger partial charge in [-0.25, -0.2) is 0 Å². The molecule has 0 aliphatic rings. The third-order valence-electron chi connectivity index (χ3n) is 6.94. The van der Waals surface area contributed by atoms with E-state index in [0.717, 1.165) is 0 Å². The van der Waals surface area contributed by atoms with E-state index >= 15 is 0 Å². The van der Waals surface area contributed by atoms with Gasteiger partial charge in [0.2, 0.25) is 0 Å². The van der Waals surface area contributed by atoms with E-state index in [1.54, 1.807) is 27.3 Å². The Hall–Kier alpha value is 0.848. The first-order valence-electron chi connectivity index (χ1n) is 14.1. The smallest absolute Gasteiger partial charge is 1.00 e. The molecule has 0 aromatic heterocycles. The van der Waals surface area contributed by atoms with Gasteiger partial charge >= 0.3 is 164 Å². The second-order valence-electron chi connectivity index (χ2n) is 9.89. The zero-order valence-electron chi connectivity index (χ0n) is 21.8. The monoisotopic (exact) mass is 506 g/mol. The van der Waals surface area contributed by atoms with Gasteiger partial charge in [-0.3, -0.25) is 0 Å². The largest absolute Gasteiger partial charge is 1.00 e. The van der Waals surface area contributed by atoms with Crippen LogP contribution in [-0.2, 0) is 0 Å². The van der Waals surface area contributed by atoms with Crippen LogP contribution in [0, 0.1) is 0 Å². The van der Waals surface area contributed by atoms with Crippen molar-refractivity contribution in [2.45, 2.75) is 177 Å². The molecule has 0 fully saturated rings. The maximum absolute atomic E-state index is 2.40. The van der Waals surface area contributed by atoms with E-state index in [4.69, 9.17) is 0 Å². The Bertz CT molecular complexity index is 283. The van der Waals surface area contributed by atoms with Crippen molar-refractivity contribution < 1.29 is 12.4 Å². The molecule has 184 valence electrons. The quantitative estimate of drug-likeness (QED) is 0.0911. The van der Waals surface area contributed by atoms with Gasteiger partial charge in [-0.15, -0.1) is 0 Å². The molecule has 0 saturated carbocycles. The van der Waals surface area contributed by atoms with Crippen LogP contribution in [-0.4, -0.2) is 13.6 Å². The van der Waals surface area contributed by atoms with Gasteiger partial charge in [-0.05, 0) is 0 Å². The van der Waals surface area contributed by atoms with Gasteiger partial charge < -0.3 is 12.4 Å². The number of rotatable bonds is 24. The van der Waals surface area contributed by atoms with Gasteiger partial charge in [-0.2, -0.15) is 0 Å². The van der Waals surface area contributed by atoms with Crippen molar-refractivity contribution in [3.63, 3.8) is 0 Å². The number of unbranched alkanes of at least 4 members (excludes halogenated alkanes) is 16. The van der Waals surface area contributed by atoms with Crippen LogP contribution in [0.1, 0.15) is 156 Å². The molecule has 0 bridgehead atoms. The van der Waals surface area contributed by atoms with E-state index in [-0.39, 0.29) is 12.4 Å². The molecule has 0 radical (unpaired) electrons. The van der Waals surface area contributed by atoms with Crippen molar-refractivity contribution in [3.8, 4) is 0 Å². The minimum Gasteiger partial charge on any atom is -1.00 e. The number of halogens is 1. The fourth-order valence-electron chi connectivity index (χ4n) is 4.79. The molecule has 0 aliphatic heterocycles. The molecule has 0 atom stereocenters. The van der Waals surface area contributed by atoms with Gasteiger partial charge in [0.1, 0.15) is 0 Å². The third-order valence-corrected chi connectivity index (χ3v) is 17.6. The Labute approximate surface area is 202 Å². The van der Waals surface area contributed by atoms with Crippen molar-refractivity contribution in [1.82, 2.24) is 0 Å². The second kappa shape index (κ2) is 26.1. The summed E-state index contributed by atoms with van der Waals surface area (Å²) in [6, 6.07) is 0. The van der Waals surface area contributed by atoms with Crippen molar-refractivity contribution in [2.75, 3.05) is 0 Å². The first-order chi connectivity index (χ1) is 14.2. The maximum Gasteiger partial charge on any atom is -1.00 e. The van der Waals surface area contributed by atoms with E-state index < -0.39 is 13.6 Å². The standard InChI is InChI=1S/C28H60As.ClH/c1-5-9-13-14-15-16-17-18-19-20-21-22-23-24-28-29(25-10-6-2,26-11-7-3)27-12-8-4;/h5-28H2,1-4H3;1H/q+1;/p-1. The van der Waals surface area contributed by atoms with Crippen LogP contribution in [0.3, 0.4) is 0 Å². The molecule has 0 heterocycles. The van der Waals surface area contributed by atoms with E-state index in [2.05, 4.69) is 27.7 Å². The first-order valence-corrected chi connectivity index (χ1v) is 19.4. The number of hydrogen-bond acceptors (Lipinski definition) is 0. The van der Waals surface area contributed by atoms with Crippen molar-refractivity contribution >= 4 is 13.6 Å². The Morgan fingerprint density at radius 3 is 0.833 bits per heavy atom. The first kappa shape index (κ1) is 33.0. The summed E-state index contributed by atoms with van der Waals surface area (Å²) in [5.74, 6) is 0. The molecule has 0 spiro atoms. The summed E-state index contributed by atoms with van der Waals surface area (Å²) >= 11 is -1.35. The molecule has 0 aromatic carbocycles. The van der Waals surface area contributed by atoms with Gasteiger partial charge in [-0.1, -0.05) is 26.2 Å². The van der Waals surface area contributed by atoms with E-state index in [1.165, 1.54) is 122 Å². The zero-order chi connectivity index (χ0) is 21.5. The Balaban J connectivity index is 0. The Morgan fingerprint density at radius 2 is 0.533 bits per heavy atom. The molecule has 0 amide bonds. The Kier molecular flexibility index (Phi) is 28.7. The maximum atomic E-state index is 2.40. The molecular formula is C28H60AsCl. The van der Waals surface area contributed by atoms with Gasteiger partial charge in [0.15, 0.2) is 0 Å². The fourth-order valence-corrected chi connectivity index (χ4v) is 15.7. The molecular weight excluding hydrogens is 447 g/mol. The molecule has 0 aliphatic carbocycles. The van der Waals surface area contributed by atoms with Crippen LogP contribution in [0.5, 0.6) is 0 Å². The summed E-state index contributed by atoms with van der Waals surface area (Å²) in [6.07, 6.45) is 29.7. The average Bonchev–Trinajstić information content (AvgIpc) is 2.74. The van der Waals surface area contributed by atoms with Crippen LogP contribution < -0.4 is 12.4 Å². The third kappa shape index (κ3) is 20.7. The minimum atomic E-state index is -1.35. The Morgan fingerprint density at radius 1 is 0.300 bits per heavy atom. The normalized spacial score (nSPS) is 11.6. The van der Waals surface area contributed by atoms with Crippen molar-refractivity contribution in [1.29, 1.82) is 0 Å². The summed E-state index contributed by atoms with van der Waals surface area (Å²) in [7, 11) is 0. The summed E-state index contributed by atoms with van der Waals surface area (Å²) < 4.78 is 0. The van der Waals surface area contributed by atoms with Crippen LogP contribution in [0.2, 0.25) is 20.8 Å². The predicted octanol–water partition coefficient (Wildman–Crippen LogP) is 8.32. The van der Waals surface area contributed by atoms with Gasteiger partial charge in [0.25, 0.3) is 0 Å². The van der Waals surface area contributed by atoms with Crippen molar-refractivity contribution in [2.24, 2.45) is 0 Å². The SMILES string of the molecule is CCCCCCCCCCCCCCCC[As+](CCCC)(CCCC)CCCC.[Cl-]. The van der Waals surface area contributed by atoms with Gasteiger partial charge in [0, 0.05) is 0 Å². The molecule has 0 rings (SSSR count). The minimum absolute atomic E-state index is 0. The molecule has 2 heteroatoms. The summed E-state index contributed by atoms with van der Waals surface area (Å²) in [5, 5.41) is 6.71. The van der Waals surface area contributed by atoms with Crippen LogP contribution in [0.15, 0.2) is 0 Å². The van der Waals surface area contributed by atoms with E-state index in [9.17, 15) is 0 Å². The topological polar surface area (TPSA) is 0 Å². The average molecular weight is 507 g/mol. The molecule has 0 nitrogen and oxygen atoms in total. The summed E-state index contributed by atoms with van der Waals surface area (Å²) in [6.45, 7) is 9.51.